The van der Waals surface area contributed by atoms with Crippen LogP contribution in [0, 0.1) is 0 Å². The molecule has 0 amide bonds. The van der Waals surface area contributed by atoms with Crippen molar-refractivity contribution in [3.05, 3.63) is 36.4 Å². The third-order valence-corrected chi connectivity index (χ3v) is 3.66. The summed E-state index contributed by atoms with van der Waals surface area (Å²) < 4.78 is 27.1. The molecule has 114 valence electrons. The molecule has 1 aromatic heterocycles. The first-order valence-electron chi connectivity index (χ1n) is 7.00. The van der Waals surface area contributed by atoms with Gasteiger partial charge in [0, 0.05) is 11.1 Å². The van der Waals surface area contributed by atoms with Crippen LogP contribution in [0.15, 0.2) is 40.8 Å². The van der Waals surface area contributed by atoms with Gasteiger partial charge >= 0.3 is 0 Å². The predicted octanol–water partition coefficient (Wildman–Crippen LogP) is 2.86. The van der Waals surface area contributed by atoms with E-state index in [1.165, 1.54) is 0 Å². The third kappa shape index (κ3) is 1.97. The van der Waals surface area contributed by atoms with Crippen LogP contribution in [-0.4, -0.2) is 23.8 Å². The third-order valence-electron chi connectivity index (χ3n) is 3.66. The molecule has 3 heterocycles. The fourth-order valence-electron chi connectivity index (χ4n) is 2.52. The van der Waals surface area contributed by atoms with E-state index in [2.05, 4.69) is 10.2 Å². The average Bonchev–Trinajstić information content (AvgIpc) is 3.32. The normalized spacial score (nSPS) is 14.3. The van der Waals surface area contributed by atoms with Crippen LogP contribution < -0.4 is 18.9 Å². The largest absolute Gasteiger partial charge is 0.454 e. The van der Waals surface area contributed by atoms with Gasteiger partial charge < -0.3 is 23.4 Å². The van der Waals surface area contributed by atoms with E-state index in [1.807, 2.05) is 36.4 Å². The van der Waals surface area contributed by atoms with Crippen molar-refractivity contribution in [1.82, 2.24) is 10.2 Å². The summed E-state index contributed by atoms with van der Waals surface area (Å²) in [6.07, 6.45) is 0. The highest BCUT2D eigenvalue weighted by Gasteiger charge is 2.19. The highest BCUT2D eigenvalue weighted by Crippen LogP contribution is 2.38. The lowest BCUT2D eigenvalue weighted by Crippen LogP contribution is -1.92. The number of ether oxygens (including phenoxy) is 4. The fourth-order valence-corrected chi connectivity index (χ4v) is 2.52. The van der Waals surface area contributed by atoms with Crippen LogP contribution in [0.1, 0.15) is 0 Å². The Morgan fingerprint density at radius 3 is 1.61 bits per heavy atom. The molecule has 5 rings (SSSR count). The van der Waals surface area contributed by atoms with E-state index in [0.29, 0.717) is 34.8 Å². The van der Waals surface area contributed by atoms with Gasteiger partial charge in [0.15, 0.2) is 23.0 Å². The molecule has 0 spiro atoms. The molecule has 2 aromatic carbocycles. The van der Waals surface area contributed by atoms with E-state index in [0.717, 1.165) is 11.1 Å². The maximum atomic E-state index is 5.76. The Labute approximate surface area is 130 Å². The van der Waals surface area contributed by atoms with Gasteiger partial charge in [-0.3, -0.25) is 0 Å². The molecule has 0 saturated carbocycles. The smallest absolute Gasteiger partial charge is 0.248 e. The Morgan fingerprint density at radius 1 is 0.609 bits per heavy atom. The minimum atomic E-state index is 0.227. The van der Waals surface area contributed by atoms with Crippen molar-refractivity contribution in [2.24, 2.45) is 0 Å². The molecule has 0 unspecified atom stereocenters. The molecular weight excluding hydrogens is 300 g/mol. The number of nitrogens with zero attached hydrogens (tertiary/aromatic N) is 2. The first kappa shape index (κ1) is 12.3. The van der Waals surface area contributed by atoms with E-state index in [1.54, 1.807) is 0 Å². The summed E-state index contributed by atoms with van der Waals surface area (Å²) in [6.45, 7) is 0.454. The standard InChI is InChI=1S/C16H10N2O5/c1-3-11-13(21-7-19-11)5-9(1)15-17-18-16(23-15)10-2-4-12-14(6-10)22-8-20-12/h1-6H,7-8H2. The number of hydrogen-bond donors (Lipinski definition) is 0. The SMILES string of the molecule is c1cc2c(cc1-c1nnc(-c3ccc4c(c3)OCO4)o1)OCO2. The number of aromatic nitrogens is 2. The van der Waals surface area contributed by atoms with Crippen LogP contribution in [-0.2, 0) is 0 Å². The van der Waals surface area contributed by atoms with E-state index < -0.39 is 0 Å². The summed E-state index contributed by atoms with van der Waals surface area (Å²) in [5, 5.41) is 8.19. The lowest BCUT2D eigenvalue weighted by atomic mass is 10.2. The van der Waals surface area contributed by atoms with Crippen LogP contribution >= 0.6 is 0 Å². The molecule has 7 nitrogen and oxygen atoms in total. The first-order chi connectivity index (χ1) is 11.4. The Bertz CT molecular complexity index is 833. The van der Waals surface area contributed by atoms with E-state index in [9.17, 15) is 0 Å². The van der Waals surface area contributed by atoms with Crippen LogP contribution in [0.3, 0.4) is 0 Å². The van der Waals surface area contributed by atoms with Crippen molar-refractivity contribution in [1.29, 1.82) is 0 Å². The second-order valence-corrected chi connectivity index (χ2v) is 5.05. The number of hydrogen-bond acceptors (Lipinski definition) is 7. The maximum Gasteiger partial charge on any atom is 0.248 e. The summed E-state index contributed by atoms with van der Waals surface area (Å²) in [6, 6.07) is 11.0. The van der Waals surface area contributed by atoms with Gasteiger partial charge in [-0.1, -0.05) is 0 Å². The highest BCUT2D eigenvalue weighted by atomic mass is 16.7. The van der Waals surface area contributed by atoms with E-state index >= 15 is 0 Å². The van der Waals surface area contributed by atoms with Crippen molar-refractivity contribution in [2.75, 3.05) is 13.6 Å². The van der Waals surface area contributed by atoms with Gasteiger partial charge in [-0.15, -0.1) is 10.2 Å². The Hall–Kier alpha value is -3.22. The van der Waals surface area contributed by atoms with Crippen molar-refractivity contribution >= 4 is 0 Å². The zero-order chi connectivity index (χ0) is 15.2. The van der Waals surface area contributed by atoms with Gasteiger partial charge in [-0.25, -0.2) is 0 Å². The summed E-state index contributed by atoms with van der Waals surface area (Å²) >= 11 is 0. The molecule has 2 aliphatic heterocycles. The van der Waals surface area contributed by atoms with Gasteiger partial charge in [0.1, 0.15) is 0 Å². The molecule has 0 fully saturated rings. The lowest BCUT2D eigenvalue weighted by molar-refractivity contribution is 0.173. The van der Waals surface area contributed by atoms with Gasteiger partial charge in [0.25, 0.3) is 0 Å². The molecule has 0 radical (unpaired) electrons. The van der Waals surface area contributed by atoms with Gasteiger partial charge in [-0.05, 0) is 36.4 Å². The predicted molar refractivity (Wildman–Crippen MR) is 77.4 cm³/mol. The Kier molecular flexibility index (Phi) is 2.49. The molecular formula is C16H10N2O5. The van der Waals surface area contributed by atoms with Crippen LogP contribution in [0.5, 0.6) is 23.0 Å². The van der Waals surface area contributed by atoms with Crippen molar-refractivity contribution in [3.63, 3.8) is 0 Å². The van der Waals surface area contributed by atoms with Crippen molar-refractivity contribution < 1.29 is 23.4 Å². The number of fused-ring (bicyclic) bond motifs is 2. The summed E-state index contributed by atoms with van der Waals surface area (Å²) in [5.41, 5.74) is 1.54. The number of benzene rings is 2. The van der Waals surface area contributed by atoms with Crippen LogP contribution in [0.2, 0.25) is 0 Å². The monoisotopic (exact) mass is 310 g/mol. The minimum absolute atomic E-state index is 0.227. The van der Waals surface area contributed by atoms with Gasteiger partial charge in [-0.2, -0.15) is 0 Å². The zero-order valence-corrected chi connectivity index (χ0v) is 11.8. The molecule has 0 N–H and O–H groups in total. The van der Waals surface area contributed by atoms with E-state index in [4.69, 9.17) is 23.4 Å². The molecule has 23 heavy (non-hydrogen) atoms. The quantitative estimate of drug-likeness (QED) is 0.720. The zero-order valence-electron chi connectivity index (χ0n) is 11.8. The molecule has 0 bridgehead atoms. The highest BCUT2D eigenvalue weighted by molar-refractivity contribution is 5.64. The van der Waals surface area contributed by atoms with Gasteiger partial charge in [0.2, 0.25) is 25.4 Å². The Balaban J connectivity index is 1.51. The fraction of sp³-hybridized carbons (Fsp3) is 0.125. The average molecular weight is 310 g/mol. The van der Waals surface area contributed by atoms with Crippen molar-refractivity contribution in [2.45, 2.75) is 0 Å². The lowest BCUT2D eigenvalue weighted by Gasteiger charge is -1.99. The summed E-state index contributed by atoms with van der Waals surface area (Å²) in [4.78, 5) is 0. The molecule has 3 aromatic rings. The van der Waals surface area contributed by atoms with Crippen molar-refractivity contribution in [3.8, 4) is 45.9 Å². The second kappa shape index (κ2) is 4.64. The molecule has 0 atom stereocenters. The number of rotatable bonds is 2. The molecule has 7 heteroatoms. The topological polar surface area (TPSA) is 75.8 Å². The molecule has 0 aliphatic carbocycles. The second-order valence-electron chi connectivity index (χ2n) is 5.05. The van der Waals surface area contributed by atoms with Crippen LogP contribution in [0.25, 0.3) is 22.9 Å². The molecule has 0 saturated heterocycles. The Morgan fingerprint density at radius 2 is 1.09 bits per heavy atom. The first-order valence-corrected chi connectivity index (χ1v) is 7.00. The van der Waals surface area contributed by atoms with Gasteiger partial charge in [0.05, 0.1) is 0 Å². The minimum Gasteiger partial charge on any atom is -0.454 e. The maximum absolute atomic E-state index is 5.76. The van der Waals surface area contributed by atoms with E-state index in [-0.39, 0.29) is 13.6 Å². The van der Waals surface area contributed by atoms with Crippen LogP contribution in [0.4, 0.5) is 0 Å². The summed E-state index contributed by atoms with van der Waals surface area (Å²) in [7, 11) is 0. The molecule has 2 aliphatic rings. The summed E-state index contributed by atoms with van der Waals surface area (Å²) in [5.74, 6) is 3.59.